The maximum Gasteiger partial charge on any atom is 0.196 e. The molecule has 0 aliphatic carbocycles. The predicted molar refractivity (Wildman–Crippen MR) is 141 cm³/mol. The van der Waals surface area contributed by atoms with Crippen LogP contribution in [0.5, 0.6) is 0 Å². The van der Waals surface area contributed by atoms with Crippen molar-refractivity contribution in [2.75, 3.05) is 0 Å². The van der Waals surface area contributed by atoms with E-state index in [2.05, 4.69) is 89.9 Å². The first kappa shape index (κ1) is 19.2. The predicted octanol–water partition coefficient (Wildman–Crippen LogP) is 3.63. The fourth-order valence-electron chi connectivity index (χ4n) is 5.71. The molecule has 0 amide bonds. The highest BCUT2D eigenvalue weighted by atomic mass is 31.2. The van der Waals surface area contributed by atoms with Gasteiger partial charge in [0.05, 0.1) is 10.6 Å². The summed E-state index contributed by atoms with van der Waals surface area (Å²) in [5.41, 5.74) is 3.24. The Balaban J connectivity index is 1.71. The largest absolute Gasteiger partial charge is 0.307 e. The molecular weight excluding hydrogens is 440 g/mol. The molecule has 0 atom stereocenters. The van der Waals surface area contributed by atoms with Gasteiger partial charge in [0.25, 0.3) is 0 Å². The SMILES string of the molecule is O=P1(c2ccccn2)c2ccccc2[P+]2(c3ccccc3-c3ccccc32)c2ccccc21. The second-order valence-corrected chi connectivity index (χ2v) is 14.4. The molecule has 0 saturated carbocycles. The quantitative estimate of drug-likeness (QED) is 0.350. The second kappa shape index (κ2) is 6.84. The van der Waals surface area contributed by atoms with Crippen LogP contribution in [-0.4, -0.2) is 4.98 Å². The van der Waals surface area contributed by atoms with E-state index < -0.39 is 14.4 Å². The maximum atomic E-state index is 15.2. The zero-order valence-corrected chi connectivity index (χ0v) is 19.6. The van der Waals surface area contributed by atoms with Crippen molar-refractivity contribution in [2.45, 2.75) is 0 Å². The Bertz CT molecular complexity index is 1510. The summed E-state index contributed by atoms with van der Waals surface area (Å²) < 4.78 is 15.2. The van der Waals surface area contributed by atoms with Crippen LogP contribution in [0.15, 0.2) is 121 Å². The average molecular weight is 460 g/mol. The van der Waals surface area contributed by atoms with Gasteiger partial charge in [0, 0.05) is 17.3 Å². The Labute approximate surface area is 193 Å². The first-order valence-electron chi connectivity index (χ1n) is 11.1. The highest BCUT2D eigenvalue weighted by molar-refractivity contribution is 8.06. The molecule has 0 bridgehead atoms. The van der Waals surface area contributed by atoms with E-state index >= 15 is 4.57 Å². The summed E-state index contributed by atoms with van der Waals surface area (Å²) >= 11 is 0. The van der Waals surface area contributed by atoms with Crippen LogP contribution < -0.4 is 37.3 Å². The average Bonchev–Trinajstić information content (AvgIpc) is 3.19. The van der Waals surface area contributed by atoms with Crippen LogP contribution >= 0.6 is 14.4 Å². The third kappa shape index (κ3) is 2.28. The Morgan fingerprint density at radius 2 is 0.970 bits per heavy atom. The number of aromatic nitrogens is 1. The van der Waals surface area contributed by atoms with Gasteiger partial charge in [-0.05, 0) is 48.5 Å². The van der Waals surface area contributed by atoms with Crippen molar-refractivity contribution >= 4 is 51.7 Å². The fraction of sp³-hybridized carbons (Fsp3) is 0. The topological polar surface area (TPSA) is 30.0 Å². The molecule has 1 aromatic heterocycles. The van der Waals surface area contributed by atoms with E-state index in [-0.39, 0.29) is 0 Å². The molecule has 156 valence electrons. The minimum atomic E-state index is -3.13. The lowest BCUT2D eigenvalue weighted by Crippen LogP contribution is -2.53. The van der Waals surface area contributed by atoms with Gasteiger partial charge in [-0.1, -0.05) is 66.7 Å². The third-order valence-corrected chi connectivity index (χ3v) is 14.8. The van der Waals surface area contributed by atoms with E-state index in [1.807, 2.05) is 30.3 Å². The first-order valence-corrected chi connectivity index (χ1v) is 14.6. The van der Waals surface area contributed by atoms with Crippen LogP contribution in [0.3, 0.4) is 0 Å². The molecule has 3 heterocycles. The Kier molecular flexibility index (Phi) is 3.98. The van der Waals surface area contributed by atoms with E-state index in [4.69, 9.17) is 0 Å². The second-order valence-electron chi connectivity index (χ2n) is 8.48. The lowest BCUT2D eigenvalue weighted by Gasteiger charge is -2.35. The number of pyridine rings is 1. The summed E-state index contributed by atoms with van der Waals surface area (Å²) in [5, 5.41) is 6.99. The molecule has 2 aliphatic rings. The van der Waals surface area contributed by atoms with Crippen molar-refractivity contribution in [2.24, 2.45) is 0 Å². The van der Waals surface area contributed by atoms with E-state index in [1.54, 1.807) is 6.20 Å². The third-order valence-electron chi connectivity index (χ3n) is 6.96. The monoisotopic (exact) mass is 460 g/mol. The van der Waals surface area contributed by atoms with Gasteiger partial charge in [-0.15, -0.1) is 0 Å². The van der Waals surface area contributed by atoms with Crippen LogP contribution in [0.25, 0.3) is 11.1 Å². The van der Waals surface area contributed by atoms with Crippen LogP contribution in [0.4, 0.5) is 0 Å². The van der Waals surface area contributed by atoms with Crippen LogP contribution in [-0.2, 0) is 4.57 Å². The summed E-state index contributed by atoms with van der Waals surface area (Å²) in [4.78, 5) is 4.62. The summed E-state index contributed by atoms with van der Waals surface area (Å²) in [5.74, 6) is 0. The smallest absolute Gasteiger partial charge is 0.196 e. The van der Waals surface area contributed by atoms with Gasteiger partial charge < -0.3 is 4.57 Å². The molecule has 2 aliphatic heterocycles. The highest BCUT2D eigenvalue weighted by Gasteiger charge is 2.62. The fourth-order valence-corrected chi connectivity index (χ4v) is 14.9. The van der Waals surface area contributed by atoms with Crippen LogP contribution in [0.1, 0.15) is 0 Å². The van der Waals surface area contributed by atoms with Gasteiger partial charge in [0.2, 0.25) is 0 Å². The van der Waals surface area contributed by atoms with E-state index in [9.17, 15) is 0 Å². The molecule has 2 nitrogen and oxygen atoms in total. The molecule has 4 heteroatoms. The normalized spacial score (nSPS) is 15.9. The van der Waals surface area contributed by atoms with Crippen molar-refractivity contribution in [1.82, 2.24) is 4.98 Å². The highest BCUT2D eigenvalue weighted by Crippen LogP contribution is 2.65. The van der Waals surface area contributed by atoms with Gasteiger partial charge in [0.15, 0.2) is 7.14 Å². The molecule has 1 spiro atoms. The number of benzene rings is 4. The first-order chi connectivity index (χ1) is 16.3. The summed E-state index contributed by atoms with van der Waals surface area (Å²) in [6, 6.07) is 40.1. The number of hydrogen-bond acceptors (Lipinski definition) is 2. The van der Waals surface area contributed by atoms with Crippen LogP contribution in [0.2, 0.25) is 0 Å². The molecule has 0 unspecified atom stereocenters. The summed E-state index contributed by atoms with van der Waals surface area (Å²) in [7, 11) is -5.33. The number of hydrogen-bond donors (Lipinski definition) is 0. The van der Waals surface area contributed by atoms with Crippen LogP contribution in [0, 0.1) is 0 Å². The lowest BCUT2D eigenvalue weighted by molar-refractivity contribution is 0.592. The zero-order chi connectivity index (χ0) is 22.0. The minimum absolute atomic E-state index is 0.656. The van der Waals surface area contributed by atoms with Crippen molar-refractivity contribution < 1.29 is 4.57 Å². The molecule has 0 N–H and O–H groups in total. The van der Waals surface area contributed by atoms with Gasteiger partial charge in [-0.25, -0.2) is 0 Å². The van der Waals surface area contributed by atoms with Gasteiger partial charge in [-0.2, -0.15) is 0 Å². The molecule has 33 heavy (non-hydrogen) atoms. The number of rotatable bonds is 1. The molecule has 0 radical (unpaired) electrons. The zero-order valence-electron chi connectivity index (χ0n) is 17.8. The summed E-state index contributed by atoms with van der Waals surface area (Å²) in [6.07, 6.45) is 1.75. The maximum absolute atomic E-state index is 15.2. The van der Waals surface area contributed by atoms with E-state index in [1.165, 1.54) is 32.3 Å². The lowest BCUT2D eigenvalue weighted by atomic mass is 10.1. The van der Waals surface area contributed by atoms with Crippen molar-refractivity contribution in [3.8, 4) is 11.1 Å². The van der Waals surface area contributed by atoms with E-state index in [0.29, 0.717) is 5.44 Å². The van der Waals surface area contributed by atoms with Crippen molar-refractivity contribution in [1.29, 1.82) is 0 Å². The Morgan fingerprint density at radius 1 is 0.515 bits per heavy atom. The molecule has 5 aromatic rings. The molecule has 0 fully saturated rings. The Hall–Kier alpha value is -3.31. The summed E-state index contributed by atoms with van der Waals surface area (Å²) in [6.45, 7) is 0. The molecule has 4 aromatic carbocycles. The molecule has 7 rings (SSSR count). The number of nitrogens with zero attached hydrogens (tertiary/aromatic N) is 1. The van der Waals surface area contributed by atoms with Gasteiger partial charge in [0.1, 0.15) is 33.9 Å². The molecule has 0 saturated heterocycles. The van der Waals surface area contributed by atoms with Gasteiger partial charge in [-0.3, -0.25) is 4.98 Å². The standard InChI is InChI=1S/C29H20NOP2/c31-33(29-19-9-10-20-30-29)27-17-7-5-15-25(27)32(26-16-6-8-18-28(26)33)23-13-3-1-11-21(23)22-12-2-4-14-24(22)32/h1-20H/q+1. The van der Waals surface area contributed by atoms with Crippen molar-refractivity contribution in [3.05, 3.63) is 121 Å². The number of fused-ring (bicyclic) bond motifs is 9. The van der Waals surface area contributed by atoms with Gasteiger partial charge >= 0.3 is 0 Å². The Morgan fingerprint density at radius 3 is 1.48 bits per heavy atom. The minimum Gasteiger partial charge on any atom is -0.307 e. The van der Waals surface area contributed by atoms with Crippen molar-refractivity contribution in [3.63, 3.8) is 0 Å². The molecular formula is C29H20NOP2+. The van der Waals surface area contributed by atoms with E-state index in [0.717, 1.165) is 10.6 Å².